The zero-order valence-corrected chi connectivity index (χ0v) is 16.9. The number of nitrogens with two attached hydrogens (primary N) is 1. The minimum absolute atomic E-state index is 0.00740. The molecule has 2 unspecified atom stereocenters. The molecule has 27 heavy (non-hydrogen) atoms. The first-order valence-electron chi connectivity index (χ1n) is 9.25. The molecule has 6 nitrogen and oxygen atoms in total. The summed E-state index contributed by atoms with van der Waals surface area (Å²) in [5, 5.41) is 2.82. The van der Waals surface area contributed by atoms with E-state index >= 15 is 0 Å². The molecule has 0 aliphatic carbocycles. The Balaban J connectivity index is 1.73. The van der Waals surface area contributed by atoms with Crippen molar-refractivity contribution in [3.05, 3.63) is 29.3 Å². The van der Waals surface area contributed by atoms with Crippen molar-refractivity contribution in [2.45, 2.75) is 44.7 Å². The Kier molecular flexibility index (Phi) is 6.34. The van der Waals surface area contributed by atoms with Crippen molar-refractivity contribution in [2.75, 3.05) is 20.8 Å². The highest BCUT2D eigenvalue weighted by molar-refractivity contribution is 7.13. The summed E-state index contributed by atoms with van der Waals surface area (Å²) in [6.07, 6.45) is 3.48. The van der Waals surface area contributed by atoms with Gasteiger partial charge in [-0.3, -0.25) is 4.79 Å². The zero-order valence-electron chi connectivity index (χ0n) is 16.1. The maximum atomic E-state index is 12.8. The van der Waals surface area contributed by atoms with Gasteiger partial charge in [-0.2, -0.15) is 0 Å². The SMILES string of the molecule is COc1ccc(-c2nc(CC(=O)N3CCCCC3C(C)N)cs2)cc1OC. The third-order valence-electron chi connectivity index (χ3n) is 4.99. The number of carbonyl (C=O) groups excluding carboxylic acids is 1. The summed E-state index contributed by atoms with van der Waals surface area (Å²) in [6, 6.07) is 5.84. The summed E-state index contributed by atoms with van der Waals surface area (Å²) >= 11 is 1.53. The summed E-state index contributed by atoms with van der Waals surface area (Å²) in [7, 11) is 3.22. The molecular formula is C20H27N3O3S. The molecule has 1 saturated heterocycles. The molecule has 0 saturated carbocycles. The number of carbonyl (C=O) groups is 1. The van der Waals surface area contributed by atoms with E-state index in [4.69, 9.17) is 15.2 Å². The first-order chi connectivity index (χ1) is 13.0. The van der Waals surface area contributed by atoms with Gasteiger partial charge in [0, 0.05) is 29.6 Å². The number of thiazole rings is 1. The molecule has 1 aliphatic heterocycles. The highest BCUT2D eigenvalue weighted by atomic mass is 32.1. The minimum Gasteiger partial charge on any atom is -0.493 e. The maximum Gasteiger partial charge on any atom is 0.228 e. The van der Waals surface area contributed by atoms with Crippen LogP contribution in [0.1, 0.15) is 31.9 Å². The second-order valence-electron chi connectivity index (χ2n) is 6.90. The Hall–Kier alpha value is -2.12. The van der Waals surface area contributed by atoms with Crippen LogP contribution in [0.2, 0.25) is 0 Å². The normalized spacial score (nSPS) is 18.2. The number of rotatable bonds is 6. The fraction of sp³-hybridized carbons (Fsp3) is 0.500. The van der Waals surface area contributed by atoms with Crippen molar-refractivity contribution in [2.24, 2.45) is 5.73 Å². The number of likely N-dealkylation sites (tertiary alicyclic amines) is 1. The van der Waals surface area contributed by atoms with E-state index in [2.05, 4.69) is 4.98 Å². The first kappa shape index (κ1) is 19.6. The van der Waals surface area contributed by atoms with Crippen LogP contribution in [0.3, 0.4) is 0 Å². The fourth-order valence-corrected chi connectivity index (χ4v) is 4.38. The Morgan fingerprint density at radius 1 is 1.33 bits per heavy atom. The third kappa shape index (κ3) is 4.42. The van der Waals surface area contributed by atoms with E-state index in [0.717, 1.165) is 42.1 Å². The lowest BCUT2D eigenvalue weighted by molar-refractivity contribution is -0.134. The highest BCUT2D eigenvalue weighted by Gasteiger charge is 2.29. The van der Waals surface area contributed by atoms with Crippen molar-refractivity contribution >= 4 is 17.2 Å². The second-order valence-corrected chi connectivity index (χ2v) is 7.76. The molecule has 2 N–H and O–H groups in total. The summed E-state index contributed by atoms with van der Waals surface area (Å²) in [4.78, 5) is 19.4. The number of piperidine rings is 1. The number of aromatic nitrogens is 1. The van der Waals surface area contributed by atoms with Gasteiger partial charge >= 0.3 is 0 Å². The van der Waals surface area contributed by atoms with Gasteiger partial charge in [-0.15, -0.1) is 11.3 Å². The van der Waals surface area contributed by atoms with Gasteiger partial charge in [0.25, 0.3) is 0 Å². The molecule has 1 aliphatic rings. The average Bonchev–Trinajstić information content (AvgIpc) is 3.15. The Bertz CT molecular complexity index is 791. The highest BCUT2D eigenvalue weighted by Crippen LogP contribution is 2.33. The first-order valence-corrected chi connectivity index (χ1v) is 10.1. The van der Waals surface area contributed by atoms with Crippen LogP contribution in [-0.2, 0) is 11.2 Å². The number of hydrogen-bond acceptors (Lipinski definition) is 6. The Morgan fingerprint density at radius 3 is 2.81 bits per heavy atom. The van der Waals surface area contributed by atoms with Crippen molar-refractivity contribution in [3.8, 4) is 22.1 Å². The molecule has 146 valence electrons. The number of nitrogens with zero attached hydrogens (tertiary/aromatic N) is 2. The van der Waals surface area contributed by atoms with E-state index in [1.165, 1.54) is 11.3 Å². The number of benzene rings is 1. The molecule has 0 radical (unpaired) electrons. The van der Waals surface area contributed by atoms with E-state index in [1.807, 2.05) is 35.4 Å². The third-order valence-corrected chi connectivity index (χ3v) is 5.93. The number of methoxy groups -OCH3 is 2. The van der Waals surface area contributed by atoms with Crippen LogP contribution < -0.4 is 15.2 Å². The predicted molar refractivity (Wildman–Crippen MR) is 107 cm³/mol. The number of amides is 1. The van der Waals surface area contributed by atoms with Crippen LogP contribution in [0, 0.1) is 0 Å². The van der Waals surface area contributed by atoms with Crippen LogP contribution in [0.4, 0.5) is 0 Å². The largest absolute Gasteiger partial charge is 0.493 e. The van der Waals surface area contributed by atoms with Gasteiger partial charge in [0.1, 0.15) is 5.01 Å². The molecule has 1 aromatic heterocycles. The van der Waals surface area contributed by atoms with Crippen LogP contribution in [-0.4, -0.2) is 48.6 Å². The van der Waals surface area contributed by atoms with Gasteiger partial charge < -0.3 is 20.1 Å². The van der Waals surface area contributed by atoms with Crippen molar-refractivity contribution in [1.29, 1.82) is 0 Å². The van der Waals surface area contributed by atoms with Gasteiger partial charge in [0.2, 0.25) is 5.91 Å². The lowest BCUT2D eigenvalue weighted by Crippen LogP contribution is -2.52. The molecule has 0 spiro atoms. The van der Waals surface area contributed by atoms with E-state index in [1.54, 1.807) is 14.2 Å². The van der Waals surface area contributed by atoms with Crippen LogP contribution in [0.5, 0.6) is 11.5 Å². The fourth-order valence-electron chi connectivity index (χ4n) is 3.56. The molecule has 1 amide bonds. The van der Waals surface area contributed by atoms with Gasteiger partial charge in [-0.05, 0) is 44.4 Å². The predicted octanol–water partition coefficient (Wildman–Crippen LogP) is 3.10. The summed E-state index contributed by atoms with van der Waals surface area (Å²) in [5.74, 6) is 1.46. The van der Waals surface area contributed by atoms with Gasteiger partial charge in [0.15, 0.2) is 11.5 Å². The number of ether oxygens (including phenoxy) is 2. The number of hydrogen-bond donors (Lipinski definition) is 1. The molecule has 7 heteroatoms. The quantitative estimate of drug-likeness (QED) is 0.821. The summed E-state index contributed by atoms with van der Waals surface area (Å²) in [5.41, 5.74) is 7.83. The minimum atomic E-state index is -0.00740. The topological polar surface area (TPSA) is 77.7 Å². The molecule has 1 aromatic carbocycles. The molecule has 2 aromatic rings. The molecule has 0 bridgehead atoms. The van der Waals surface area contributed by atoms with Crippen molar-refractivity contribution in [3.63, 3.8) is 0 Å². The van der Waals surface area contributed by atoms with Crippen LogP contribution in [0.25, 0.3) is 10.6 Å². The standard InChI is InChI=1S/C20H27N3O3S/c1-13(21)16-6-4-5-9-23(16)19(24)11-15-12-27-20(22-15)14-7-8-17(25-2)18(10-14)26-3/h7-8,10,12-13,16H,4-6,9,11,21H2,1-3H3. The maximum absolute atomic E-state index is 12.8. The van der Waals surface area contributed by atoms with Gasteiger partial charge in [-0.25, -0.2) is 4.98 Å². The lowest BCUT2D eigenvalue weighted by Gasteiger charge is -2.38. The zero-order chi connectivity index (χ0) is 19.4. The molecular weight excluding hydrogens is 362 g/mol. The Morgan fingerprint density at radius 2 is 2.11 bits per heavy atom. The van der Waals surface area contributed by atoms with Gasteiger partial charge in [0.05, 0.1) is 26.3 Å². The average molecular weight is 390 g/mol. The Labute approximate surface area is 164 Å². The lowest BCUT2D eigenvalue weighted by atomic mass is 9.96. The van der Waals surface area contributed by atoms with Crippen molar-refractivity contribution < 1.29 is 14.3 Å². The van der Waals surface area contributed by atoms with Gasteiger partial charge in [-0.1, -0.05) is 0 Å². The molecule has 2 atom stereocenters. The molecule has 3 rings (SSSR count). The van der Waals surface area contributed by atoms with Crippen LogP contribution in [0.15, 0.2) is 23.6 Å². The smallest absolute Gasteiger partial charge is 0.228 e. The monoisotopic (exact) mass is 389 g/mol. The second kappa shape index (κ2) is 8.71. The van der Waals surface area contributed by atoms with E-state index in [9.17, 15) is 4.79 Å². The van der Waals surface area contributed by atoms with E-state index < -0.39 is 0 Å². The molecule has 1 fully saturated rings. The molecule has 2 heterocycles. The summed E-state index contributed by atoms with van der Waals surface area (Å²) < 4.78 is 10.6. The van der Waals surface area contributed by atoms with E-state index in [-0.39, 0.29) is 18.0 Å². The summed E-state index contributed by atoms with van der Waals surface area (Å²) in [6.45, 7) is 2.77. The van der Waals surface area contributed by atoms with Crippen molar-refractivity contribution in [1.82, 2.24) is 9.88 Å². The van der Waals surface area contributed by atoms with E-state index in [0.29, 0.717) is 17.9 Å². The van der Waals surface area contributed by atoms with Crippen LogP contribution >= 0.6 is 11.3 Å².